The number of hydrogen-bond acceptors (Lipinski definition) is 3. The lowest BCUT2D eigenvalue weighted by molar-refractivity contribution is 0.120. The van der Waals surface area contributed by atoms with Gasteiger partial charge in [0.15, 0.2) is 0 Å². The minimum atomic E-state index is -0.154. The van der Waals surface area contributed by atoms with Crippen molar-refractivity contribution in [1.29, 1.82) is 0 Å². The van der Waals surface area contributed by atoms with Crippen molar-refractivity contribution >= 4 is 0 Å². The predicted molar refractivity (Wildman–Crippen MR) is 79.9 cm³/mol. The van der Waals surface area contributed by atoms with E-state index >= 15 is 0 Å². The fourth-order valence-corrected chi connectivity index (χ4v) is 2.23. The van der Waals surface area contributed by atoms with Crippen molar-refractivity contribution in [1.82, 2.24) is 10.2 Å². The topological polar surface area (TPSA) is 35.5 Å². The number of aliphatic hydroxyl groups is 1. The van der Waals surface area contributed by atoms with E-state index in [1.807, 2.05) is 0 Å². The van der Waals surface area contributed by atoms with E-state index in [0.29, 0.717) is 6.04 Å². The van der Waals surface area contributed by atoms with E-state index in [4.69, 9.17) is 0 Å². The summed E-state index contributed by atoms with van der Waals surface area (Å²) in [7, 11) is 2.19. The van der Waals surface area contributed by atoms with Crippen LogP contribution in [0.25, 0.3) is 0 Å². The van der Waals surface area contributed by atoms with Gasteiger partial charge in [0.1, 0.15) is 0 Å². The average molecular weight is 258 g/mol. The Morgan fingerprint density at radius 1 is 1.28 bits per heavy atom. The number of aliphatic hydroxyl groups excluding tert-OH is 1. The largest absolute Gasteiger partial charge is 0.394 e. The molecular formula is C15H34N2O. The molecule has 0 bridgehead atoms. The van der Waals surface area contributed by atoms with E-state index in [-0.39, 0.29) is 12.1 Å². The van der Waals surface area contributed by atoms with Gasteiger partial charge in [-0.3, -0.25) is 0 Å². The molecule has 0 aromatic carbocycles. The first kappa shape index (κ1) is 17.9. The fourth-order valence-electron chi connectivity index (χ4n) is 2.23. The molecule has 3 unspecified atom stereocenters. The zero-order valence-corrected chi connectivity index (χ0v) is 13.3. The first-order valence-electron chi connectivity index (χ1n) is 7.44. The van der Waals surface area contributed by atoms with Crippen molar-refractivity contribution in [3.8, 4) is 0 Å². The second kappa shape index (κ2) is 8.89. The molecule has 3 heteroatoms. The maximum atomic E-state index is 9.59. The molecule has 0 saturated carbocycles. The van der Waals surface area contributed by atoms with Crippen molar-refractivity contribution in [2.24, 2.45) is 5.92 Å². The Labute approximate surface area is 114 Å². The summed E-state index contributed by atoms with van der Waals surface area (Å²) in [6.45, 7) is 13.4. The molecule has 0 aromatic rings. The van der Waals surface area contributed by atoms with Gasteiger partial charge in [-0.05, 0) is 46.2 Å². The summed E-state index contributed by atoms with van der Waals surface area (Å²) >= 11 is 0. The van der Waals surface area contributed by atoms with E-state index in [1.54, 1.807) is 0 Å². The van der Waals surface area contributed by atoms with Crippen LogP contribution in [0.1, 0.15) is 53.9 Å². The van der Waals surface area contributed by atoms with Gasteiger partial charge < -0.3 is 15.3 Å². The SMILES string of the molecule is CCCNC(C)(CO)CC(C)N(C)CC(C)CC. The second-order valence-electron chi connectivity index (χ2n) is 6.15. The minimum absolute atomic E-state index is 0.154. The van der Waals surface area contributed by atoms with E-state index in [9.17, 15) is 5.11 Å². The molecule has 3 nitrogen and oxygen atoms in total. The predicted octanol–water partition coefficient (Wildman–Crippen LogP) is 2.49. The van der Waals surface area contributed by atoms with Gasteiger partial charge in [0.05, 0.1) is 6.61 Å². The lowest BCUT2D eigenvalue weighted by Crippen LogP contribution is -2.50. The molecule has 0 aromatic heterocycles. The Hall–Kier alpha value is -0.120. The zero-order chi connectivity index (χ0) is 14.2. The van der Waals surface area contributed by atoms with Crippen LogP contribution in [-0.2, 0) is 0 Å². The summed E-state index contributed by atoms with van der Waals surface area (Å²) in [5.74, 6) is 0.737. The molecule has 0 radical (unpaired) electrons. The van der Waals surface area contributed by atoms with Gasteiger partial charge in [-0.15, -0.1) is 0 Å². The first-order valence-corrected chi connectivity index (χ1v) is 7.44. The zero-order valence-electron chi connectivity index (χ0n) is 13.3. The molecule has 0 fully saturated rings. The van der Waals surface area contributed by atoms with Crippen molar-refractivity contribution in [3.63, 3.8) is 0 Å². The molecule has 0 amide bonds. The van der Waals surface area contributed by atoms with Gasteiger partial charge in [0.2, 0.25) is 0 Å². The highest BCUT2D eigenvalue weighted by Gasteiger charge is 2.26. The van der Waals surface area contributed by atoms with Gasteiger partial charge in [-0.25, -0.2) is 0 Å². The summed E-state index contributed by atoms with van der Waals surface area (Å²) in [6.07, 6.45) is 3.31. The van der Waals surface area contributed by atoms with Crippen LogP contribution in [0.15, 0.2) is 0 Å². The third-order valence-corrected chi connectivity index (χ3v) is 3.95. The van der Waals surface area contributed by atoms with Gasteiger partial charge in [-0.2, -0.15) is 0 Å². The molecule has 18 heavy (non-hydrogen) atoms. The third kappa shape index (κ3) is 6.72. The quantitative estimate of drug-likeness (QED) is 0.632. The van der Waals surface area contributed by atoms with Gasteiger partial charge >= 0.3 is 0 Å². The van der Waals surface area contributed by atoms with Crippen LogP contribution < -0.4 is 5.32 Å². The molecule has 0 spiro atoms. The second-order valence-corrected chi connectivity index (χ2v) is 6.15. The van der Waals surface area contributed by atoms with Crippen LogP contribution >= 0.6 is 0 Å². The van der Waals surface area contributed by atoms with Crippen LogP contribution in [0, 0.1) is 5.92 Å². The summed E-state index contributed by atoms with van der Waals surface area (Å²) in [5.41, 5.74) is -0.154. The molecule has 0 aliphatic carbocycles. The smallest absolute Gasteiger partial charge is 0.0611 e. The van der Waals surface area contributed by atoms with Gasteiger partial charge in [0.25, 0.3) is 0 Å². The van der Waals surface area contributed by atoms with E-state index in [2.05, 4.69) is 51.9 Å². The first-order chi connectivity index (χ1) is 8.38. The number of rotatable bonds is 10. The van der Waals surface area contributed by atoms with E-state index < -0.39 is 0 Å². The molecule has 0 rings (SSSR count). The van der Waals surface area contributed by atoms with Crippen LogP contribution in [0.5, 0.6) is 0 Å². The third-order valence-electron chi connectivity index (χ3n) is 3.95. The van der Waals surface area contributed by atoms with Crippen molar-refractivity contribution in [2.75, 3.05) is 26.7 Å². The Bertz CT molecular complexity index is 211. The lowest BCUT2D eigenvalue weighted by Gasteiger charge is -2.36. The Morgan fingerprint density at radius 2 is 1.89 bits per heavy atom. The maximum absolute atomic E-state index is 9.59. The Balaban J connectivity index is 4.27. The van der Waals surface area contributed by atoms with Crippen molar-refractivity contribution in [2.45, 2.75) is 65.5 Å². The normalized spacial score (nSPS) is 18.7. The lowest BCUT2D eigenvalue weighted by atomic mass is 9.93. The molecule has 2 N–H and O–H groups in total. The van der Waals surface area contributed by atoms with Crippen molar-refractivity contribution < 1.29 is 5.11 Å². The summed E-state index contributed by atoms with van der Waals surface area (Å²) in [6, 6.07) is 0.487. The maximum Gasteiger partial charge on any atom is 0.0611 e. The molecule has 0 aliphatic rings. The van der Waals surface area contributed by atoms with Crippen LogP contribution in [0.3, 0.4) is 0 Å². The fraction of sp³-hybridized carbons (Fsp3) is 1.00. The highest BCUT2D eigenvalue weighted by Crippen LogP contribution is 2.16. The highest BCUT2D eigenvalue weighted by molar-refractivity contribution is 4.86. The number of nitrogens with zero attached hydrogens (tertiary/aromatic N) is 1. The molecule has 0 heterocycles. The van der Waals surface area contributed by atoms with E-state index in [1.165, 1.54) is 6.42 Å². The van der Waals surface area contributed by atoms with E-state index in [0.717, 1.165) is 31.8 Å². The molecule has 110 valence electrons. The summed E-state index contributed by atoms with van der Waals surface area (Å²) < 4.78 is 0. The summed E-state index contributed by atoms with van der Waals surface area (Å²) in [4.78, 5) is 2.41. The summed E-state index contributed by atoms with van der Waals surface area (Å²) in [5, 5.41) is 13.1. The standard InChI is InChI=1S/C15H34N2O/c1-7-9-16-15(5,12-18)10-14(4)17(6)11-13(3)8-2/h13-14,16,18H,7-12H2,1-6H3. The molecule has 0 aliphatic heterocycles. The molecular weight excluding hydrogens is 224 g/mol. The number of nitrogens with one attached hydrogen (secondary N) is 1. The minimum Gasteiger partial charge on any atom is -0.394 e. The number of hydrogen-bond donors (Lipinski definition) is 2. The average Bonchev–Trinajstić information content (AvgIpc) is 2.35. The van der Waals surface area contributed by atoms with Crippen LogP contribution in [0.4, 0.5) is 0 Å². The van der Waals surface area contributed by atoms with Crippen LogP contribution in [0.2, 0.25) is 0 Å². The van der Waals surface area contributed by atoms with Crippen molar-refractivity contribution in [3.05, 3.63) is 0 Å². The molecule has 0 saturated heterocycles. The Morgan fingerprint density at radius 3 is 2.33 bits per heavy atom. The monoisotopic (exact) mass is 258 g/mol. The van der Waals surface area contributed by atoms with Crippen LogP contribution in [-0.4, -0.2) is 48.3 Å². The van der Waals surface area contributed by atoms with Gasteiger partial charge in [0, 0.05) is 18.1 Å². The highest BCUT2D eigenvalue weighted by atomic mass is 16.3. The van der Waals surface area contributed by atoms with Gasteiger partial charge in [-0.1, -0.05) is 27.2 Å². The molecule has 3 atom stereocenters. The Kier molecular flexibility index (Phi) is 8.83.